The Kier molecular flexibility index (Phi) is 5.49. The molecular formula is C32H36N8O2. The fourth-order valence-electron chi connectivity index (χ4n) is 7.63. The van der Waals surface area contributed by atoms with Crippen LogP contribution < -0.4 is 15.8 Å². The van der Waals surface area contributed by atoms with Crippen molar-refractivity contribution in [1.29, 1.82) is 0 Å². The lowest BCUT2D eigenvalue weighted by Gasteiger charge is -2.38. The lowest BCUT2D eigenvalue weighted by molar-refractivity contribution is -0.0371. The minimum Gasteiger partial charge on any atom is -0.383 e. The smallest absolute Gasteiger partial charge is 0.278 e. The summed E-state index contributed by atoms with van der Waals surface area (Å²) in [6.45, 7) is 8.22. The van der Waals surface area contributed by atoms with Gasteiger partial charge in [0, 0.05) is 48.2 Å². The molecule has 2 aliphatic carbocycles. The Morgan fingerprint density at radius 3 is 2.60 bits per heavy atom. The molecule has 2 saturated heterocycles. The molecule has 3 atom stereocenters. The predicted molar refractivity (Wildman–Crippen MR) is 163 cm³/mol. The number of pyridine rings is 1. The normalized spacial score (nSPS) is 25.7. The van der Waals surface area contributed by atoms with E-state index in [1.54, 1.807) is 21.6 Å². The van der Waals surface area contributed by atoms with Crippen molar-refractivity contribution in [2.45, 2.75) is 63.3 Å². The number of hydrogen-bond acceptors (Lipinski definition) is 8. The molecule has 10 nitrogen and oxygen atoms in total. The number of aromatic nitrogens is 5. The molecular weight excluding hydrogens is 528 g/mol. The SMILES string of the molecule is C=CCn1c(=O)c2cnc(Nc3ccc(N4C[C@@H]5C[C@H]4CN5C)cc3)nc2n1-c1ccc2c(n1)[C@](C)(O)C1(CC2)CC1. The van der Waals surface area contributed by atoms with Crippen molar-refractivity contribution in [1.82, 2.24) is 29.2 Å². The molecule has 0 radical (unpaired) electrons. The van der Waals surface area contributed by atoms with Crippen LogP contribution in [0.4, 0.5) is 17.3 Å². The van der Waals surface area contributed by atoms with E-state index in [2.05, 4.69) is 58.0 Å². The number of likely N-dealkylation sites (tertiary alicyclic amines) is 1. The summed E-state index contributed by atoms with van der Waals surface area (Å²) < 4.78 is 3.31. The molecule has 3 aromatic heterocycles. The van der Waals surface area contributed by atoms with Gasteiger partial charge in [0.25, 0.3) is 5.56 Å². The molecule has 1 saturated carbocycles. The Labute approximate surface area is 244 Å². The van der Waals surface area contributed by atoms with Crippen molar-refractivity contribution < 1.29 is 5.11 Å². The second-order valence-corrected chi connectivity index (χ2v) is 12.8. The number of aryl methyl sites for hydroxylation is 1. The van der Waals surface area contributed by atoms with E-state index < -0.39 is 5.60 Å². The number of fused-ring (bicyclic) bond motifs is 4. The fourth-order valence-corrected chi connectivity index (χ4v) is 7.63. The van der Waals surface area contributed by atoms with Crippen molar-refractivity contribution >= 4 is 28.4 Å². The van der Waals surface area contributed by atoms with Crippen LogP contribution in [0.2, 0.25) is 0 Å². The summed E-state index contributed by atoms with van der Waals surface area (Å²) in [5.74, 6) is 0.934. The van der Waals surface area contributed by atoms with E-state index in [1.807, 2.05) is 19.1 Å². The van der Waals surface area contributed by atoms with E-state index in [0.29, 0.717) is 40.6 Å². The molecule has 2 aliphatic heterocycles. The van der Waals surface area contributed by atoms with Crippen LogP contribution in [0.25, 0.3) is 16.9 Å². The maximum atomic E-state index is 13.5. The minimum absolute atomic E-state index is 0.0926. The largest absolute Gasteiger partial charge is 0.383 e. The number of piperazine rings is 1. The maximum absolute atomic E-state index is 13.5. The van der Waals surface area contributed by atoms with Crippen molar-refractivity contribution in [3.05, 3.63) is 76.9 Å². The van der Waals surface area contributed by atoms with Gasteiger partial charge in [0.05, 0.1) is 12.2 Å². The van der Waals surface area contributed by atoms with E-state index >= 15 is 0 Å². The third kappa shape index (κ3) is 3.71. The monoisotopic (exact) mass is 564 g/mol. The van der Waals surface area contributed by atoms with Gasteiger partial charge in [0.1, 0.15) is 11.0 Å². The van der Waals surface area contributed by atoms with Gasteiger partial charge in [-0.05, 0) is 82.0 Å². The highest BCUT2D eigenvalue weighted by Crippen LogP contribution is 2.63. The number of likely N-dealkylation sites (N-methyl/N-ethyl adjacent to an activating group) is 1. The molecule has 5 heterocycles. The molecule has 1 spiro atoms. The van der Waals surface area contributed by atoms with Crippen molar-refractivity contribution in [2.75, 3.05) is 30.4 Å². The lowest BCUT2D eigenvalue weighted by atomic mass is 9.72. The first kappa shape index (κ1) is 25.7. The third-order valence-corrected chi connectivity index (χ3v) is 10.3. The number of nitrogens with one attached hydrogen (secondary N) is 1. The van der Waals surface area contributed by atoms with Gasteiger partial charge in [-0.15, -0.1) is 6.58 Å². The number of nitrogens with zero attached hydrogens (tertiary/aromatic N) is 7. The number of hydrogen-bond donors (Lipinski definition) is 2. The van der Waals surface area contributed by atoms with Gasteiger partial charge in [-0.2, -0.15) is 4.98 Å². The van der Waals surface area contributed by atoms with Crippen LogP contribution in [0.1, 0.15) is 43.9 Å². The van der Waals surface area contributed by atoms with E-state index in [4.69, 9.17) is 9.97 Å². The Morgan fingerprint density at radius 2 is 1.90 bits per heavy atom. The van der Waals surface area contributed by atoms with Crippen LogP contribution in [0.3, 0.4) is 0 Å². The standard InChI is InChI=1S/C32H36N8O2/c1-4-15-39-29(41)25-17-33-30(34-21-6-8-22(9-7-21)38-19-23-16-24(38)18-37(23)3)36-28(25)40(39)26-10-5-20-11-12-32(13-14-32)31(2,42)27(20)35-26/h4-10,17,23-24,42H,1,11-16,18-19H2,2-3H3,(H,33,34,36)/t23-,24-,31-/m0/s1. The van der Waals surface area contributed by atoms with Crippen LogP contribution in [0, 0.1) is 5.41 Å². The summed E-state index contributed by atoms with van der Waals surface area (Å²) in [5.41, 5.74) is 3.00. The van der Waals surface area contributed by atoms with Crippen molar-refractivity contribution in [3.63, 3.8) is 0 Å². The molecule has 3 fully saturated rings. The first-order valence-electron chi connectivity index (χ1n) is 14.9. The molecule has 8 rings (SSSR count). The molecule has 0 amide bonds. The van der Waals surface area contributed by atoms with Crippen LogP contribution in [-0.2, 0) is 18.6 Å². The topological polar surface area (TPSA) is 104 Å². The maximum Gasteiger partial charge on any atom is 0.278 e. The van der Waals surface area contributed by atoms with Gasteiger partial charge in [-0.25, -0.2) is 19.3 Å². The molecule has 2 bridgehead atoms. The average molecular weight is 565 g/mol. The summed E-state index contributed by atoms with van der Waals surface area (Å²) in [4.78, 5) is 32.7. The summed E-state index contributed by atoms with van der Waals surface area (Å²) in [5, 5.41) is 15.3. The Balaban J connectivity index is 1.15. The van der Waals surface area contributed by atoms with Gasteiger partial charge in [-0.3, -0.25) is 9.69 Å². The number of rotatable bonds is 6. The Morgan fingerprint density at radius 1 is 1.10 bits per heavy atom. The molecule has 1 aromatic carbocycles. The zero-order valence-electron chi connectivity index (χ0n) is 24.1. The summed E-state index contributed by atoms with van der Waals surface area (Å²) >= 11 is 0. The first-order valence-corrected chi connectivity index (χ1v) is 14.9. The highest BCUT2D eigenvalue weighted by atomic mass is 16.3. The quantitative estimate of drug-likeness (QED) is 0.342. The zero-order chi connectivity index (χ0) is 28.8. The molecule has 216 valence electrons. The highest BCUT2D eigenvalue weighted by molar-refractivity contribution is 5.77. The summed E-state index contributed by atoms with van der Waals surface area (Å²) in [6.07, 6.45) is 8.38. The van der Waals surface area contributed by atoms with E-state index in [0.717, 1.165) is 50.0 Å². The lowest BCUT2D eigenvalue weighted by Crippen LogP contribution is -2.44. The van der Waals surface area contributed by atoms with Gasteiger partial charge in [0.2, 0.25) is 5.95 Å². The number of benzene rings is 1. The summed E-state index contributed by atoms with van der Waals surface area (Å²) in [7, 11) is 2.21. The number of allylic oxidation sites excluding steroid dienone is 1. The molecule has 10 heteroatoms. The number of anilines is 3. The summed E-state index contributed by atoms with van der Waals surface area (Å²) in [6, 6.07) is 13.6. The fraction of sp³-hybridized carbons (Fsp3) is 0.438. The van der Waals surface area contributed by atoms with E-state index in [1.165, 1.54) is 12.1 Å². The van der Waals surface area contributed by atoms with Crippen LogP contribution in [0.15, 0.2) is 60.0 Å². The molecule has 0 unspecified atom stereocenters. The zero-order valence-corrected chi connectivity index (χ0v) is 24.1. The number of aliphatic hydroxyl groups is 1. The Hall–Kier alpha value is -4.02. The van der Waals surface area contributed by atoms with Crippen LogP contribution in [-0.4, -0.2) is 66.5 Å². The van der Waals surface area contributed by atoms with E-state index in [9.17, 15) is 9.90 Å². The second kappa shape index (κ2) is 8.99. The van der Waals surface area contributed by atoms with Crippen molar-refractivity contribution in [3.8, 4) is 5.82 Å². The molecule has 4 aromatic rings. The molecule has 42 heavy (non-hydrogen) atoms. The van der Waals surface area contributed by atoms with Crippen LogP contribution >= 0.6 is 0 Å². The van der Waals surface area contributed by atoms with Crippen LogP contribution in [0.5, 0.6) is 0 Å². The Bertz CT molecular complexity index is 1780. The molecule has 4 aliphatic rings. The highest BCUT2D eigenvalue weighted by Gasteiger charge is 2.59. The van der Waals surface area contributed by atoms with Gasteiger partial charge in [0.15, 0.2) is 11.5 Å². The van der Waals surface area contributed by atoms with Crippen molar-refractivity contribution in [2.24, 2.45) is 5.41 Å². The predicted octanol–water partition coefficient (Wildman–Crippen LogP) is 3.73. The van der Waals surface area contributed by atoms with Gasteiger partial charge < -0.3 is 15.3 Å². The van der Waals surface area contributed by atoms with E-state index in [-0.39, 0.29) is 17.5 Å². The second-order valence-electron chi connectivity index (χ2n) is 12.8. The van der Waals surface area contributed by atoms with Gasteiger partial charge in [-0.1, -0.05) is 12.1 Å². The van der Waals surface area contributed by atoms with Gasteiger partial charge >= 0.3 is 0 Å². The first-order chi connectivity index (χ1) is 20.3. The molecule has 2 N–H and O–H groups in total. The average Bonchev–Trinajstić information content (AvgIpc) is 3.43. The third-order valence-electron chi connectivity index (χ3n) is 10.3. The minimum atomic E-state index is -1.01.